The maximum atomic E-state index is 2.89. The van der Waals surface area contributed by atoms with Gasteiger partial charge in [-0.25, -0.2) is 0 Å². The second-order valence-corrected chi connectivity index (χ2v) is 20.1. The van der Waals surface area contributed by atoms with Gasteiger partial charge in [-0.05, 0) is 69.4 Å². The van der Waals surface area contributed by atoms with Crippen LogP contribution in [0.1, 0.15) is 0 Å². The lowest BCUT2D eigenvalue weighted by atomic mass is 9.94. The molecule has 6 heterocycles. The van der Waals surface area contributed by atoms with Crippen molar-refractivity contribution in [3.05, 3.63) is 194 Å². The Labute approximate surface area is 349 Å². The van der Waals surface area contributed by atoms with Gasteiger partial charge in [-0.15, -0.1) is 0 Å². The Hall–Kier alpha value is -7.86. The summed E-state index contributed by atoms with van der Waals surface area (Å²) in [6, 6.07) is 73.7. The van der Waals surface area contributed by atoms with E-state index in [0.717, 1.165) is 0 Å². The minimum absolute atomic E-state index is 1.24. The molecule has 0 amide bonds. The van der Waals surface area contributed by atoms with Crippen LogP contribution in [0.15, 0.2) is 194 Å². The first-order chi connectivity index (χ1) is 30.3. The zero-order valence-corrected chi connectivity index (χ0v) is 33.8. The van der Waals surface area contributed by atoms with Gasteiger partial charge in [0.2, 0.25) is 0 Å². The molecule has 1 spiro atoms. The number of hydrogen-bond donors (Lipinski definition) is 0. The van der Waals surface area contributed by atoms with Gasteiger partial charge in [0.05, 0.1) is 22.1 Å². The van der Waals surface area contributed by atoms with Gasteiger partial charge in [0.1, 0.15) is 0 Å². The van der Waals surface area contributed by atoms with Crippen LogP contribution in [-0.2, 0) is 0 Å². The number of benzene rings is 10. The van der Waals surface area contributed by atoms with Crippen LogP contribution in [0.2, 0.25) is 0 Å². The molecule has 5 heteroatoms. The molecule has 10 aromatic carbocycles. The van der Waals surface area contributed by atoms with Gasteiger partial charge in [0.25, 0.3) is 0 Å². The molecule has 280 valence electrons. The van der Waals surface area contributed by atoms with Crippen LogP contribution in [-0.4, -0.2) is 25.7 Å². The fraction of sp³-hybridized carbons (Fsp3) is 0. The summed E-state index contributed by atoms with van der Waals surface area (Å²) in [5, 5.41) is 15.7. The standard InChI is InChI=1S/C56H32N4Si/c1-3-15-33(16-4-1)43-31-45-37-21-9-13-25-49(37)59-55(45)51-39(43)27-29-41-35-19-7-11-23-47(35)57(53(41)51)61(59)58-48-24-12-8-20-36(48)42-30-28-40-44(34-17-5-2-6-18-34)32-46-38-22-10-14-26-50(38)60(61)56(46)52(40)54(42)58/h1-32H. The normalized spacial score (nSPS) is 14.0. The molecule has 4 nitrogen and oxygen atoms in total. The highest BCUT2D eigenvalue weighted by Gasteiger charge is 2.56. The minimum atomic E-state index is -3.60. The molecule has 14 aromatic rings. The van der Waals surface area contributed by atoms with Crippen molar-refractivity contribution in [1.29, 1.82) is 0 Å². The van der Waals surface area contributed by atoms with E-state index in [4.69, 9.17) is 0 Å². The Morgan fingerprint density at radius 1 is 0.246 bits per heavy atom. The van der Waals surface area contributed by atoms with E-state index in [9.17, 15) is 0 Å². The van der Waals surface area contributed by atoms with Gasteiger partial charge in [0.15, 0.2) is 0 Å². The first kappa shape index (κ1) is 31.1. The SMILES string of the molecule is c1ccc(-c2cc3c4ccccc4n4c3c3c2ccc2c5ccccc5n(c23)[Si]42n3c4ccccc4c4ccc5c(-c6ccccc6)cc6c7ccccc7n2c6c5c43)cc1. The Kier molecular flexibility index (Phi) is 5.34. The number of rotatable bonds is 2. The molecular weight excluding hydrogens is 757 g/mol. The minimum Gasteiger partial charge on any atom is -0.314 e. The van der Waals surface area contributed by atoms with Crippen molar-refractivity contribution in [3.8, 4) is 22.3 Å². The third-order valence-electron chi connectivity index (χ3n) is 14.5. The zero-order valence-electron chi connectivity index (χ0n) is 32.8. The van der Waals surface area contributed by atoms with Crippen molar-refractivity contribution in [2.24, 2.45) is 0 Å². The monoisotopic (exact) mass is 788 g/mol. The Morgan fingerprint density at radius 3 is 0.918 bits per heavy atom. The summed E-state index contributed by atoms with van der Waals surface area (Å²) in [7, 11) is -3.60. The van der Waals surface area contributed by atoms with E-state index < -0.39 is 8.72 Å². The molecule has 2 aliphatic heterocycles. The van der Waals surface area contributed by atoms with Crippen LogP contribution in [0.4, 0.5) is 0 Å². The lowest BCUT2D eigenvalue weighted by Gasteiger charge is -2.43. The highest BCUT2D eigenvalue weighted by molar-refractivity contribution is 6.83. The molecule has 0 unspecified atom stereocenters. The molecule has 0 aliphatic carbocycles. The van der Waals surface area contributed by atoms with Crippen LogP contribution in [0, 0.1) is 0 Å². The van der Waals surface area contributed by atoms with Gasteiger partial charge >= 0.3 is 8.72 Å². The van der Waals surface area contributed by atoms with Gasteiger partial charge in [0, 0.05) is 75.9 Å². The number of aromatic nitrogens is 4. The maximum Gasteiger partial charge on any atom is 0.521 e. The summed E-state index contributed by atoms with van der Waals surface area (Å²) in [6.07, 6.45) is 0. The second kappa shape index (κ2) is 10.5. The van der Waals surface area contributed by atoms with Crippen LogP contribution in [0.5, 0.6) is 0 Å². The van der Waals surface area contributed by atoms with Crippen molar-refractivity contribution >= 4 is 117 Å². The third-order valence-corrected chi connectivity index (χ3v) is 18.8. The van der Waals surface area contributed by atoms with E-state index in [0.29, 0.717) is 0 Å². The number of fused-ring (bicyclic) bond motifs is 16. The van der Waals surface area contributed by atoms with Crippen LogP contribution >= 0.6 is 0 Å². The van der Waals surface area contributed by atoms with E-state index in [1.807, 2.05) is 0 Å². The van der Waals surface area contributed by atoms with Gasteiger partial charge < -0.3 is 16.9 Å². The Balaban J connectivity index is 1.27. The predicted octanol–water partition coefficient (Wildman–Crippen LogP) is 14.3. The summed E-state index contributed by atoms with van der Waals surface area (Å²) in [4.78, 5) is 0. The number of nitrogens with zero attached hydrogens (tertiary/aromatic N) is 4. The molecule has 0 N–H and O–H groups in total. The first-order valence-corrected chi connectivity index (χ1v) is 23.1. The Bertz CT molecular complexity index is 4020. The summed E-state index contributed by atoms with van der Waals surface area (Å²) in [5.74, 6) is 0. The second-order valence-electron chi connectivity index (χ2n) is 17.2. The highest BCUT2D eigenvalue weighted by atomic mass is 28.4. The molecule has 0 atom stereocenters. The van der Waals surface area contributed by atoms with Crippen LogP contribution < -0.4 is 0 Å². The molecule has 16 rings (SSSR count). The van der Waals surface area contributed by atoms with Crippen LogP contribution in [0.3, 0.4) is 0 Å². The topological polar surface area (TPSA) is 19.7 Å². The fourth-order valence-corrected chi connectivity index (χ4v) is 17.8. The van der Waals surface area contributed by atoms with Gasteiger partial charge in [-0.1, -0.05) is 158 Å². The van der Waals surface area contributed by atoms with E-state index in [2.05, 4.69) is 211 Å². The molecule has 0 radical (unpaired) electrons. The molecule has 61 heavy (non-hydrogen) atoms. The quantitative estimate of drug-likeness (QED) is 0.156. The lowest BCUT2D eigenvalue weighted by Crippen LogP contribution is -2.65. The van der Waals surface area contributed by atoms with Gasteiger partial charge in [-0.2, -0.15) is 0 Å². The largest absolute Gasteiger partial charge is 0.521 e. The Morgan fingerprint density at radius 2 is 0.541 bits per heavy atom. The highest BCUT2D eigenvalue weighted by Crippen LogP contribution is 2.55. The summed E-state index contributed by atoms with van der Waals surface area (Å²) in [5.41, 5.74) is 15.4. The average Bonchev–Trinajstić information content (AvgIpc) is 4.07. The molecular formula is C56H32N4Si. The van der Waals surface area contributed by atoms with Crippen LogP contribution in [0.25, 0.3) is 131 Å². The van der Waals surface area contributed by atoms with Gasteiger partial charge in [-0.3, -0.25) is 0 Å². The summed E-state index contributed by atoms with van der Waals surface area (Å²) in [6.45, 7) is 0. The van der Waals surface area contributed by atoms with Crippen molar-refractivity contribution in [3.63, 3.8) is 0 Å². The summed E-state index contributed by atoms with van der Waals surface area (Å²) < 4.78 is 11.5. The molecule has 0 fully saturated rings. The molecule has 0 saturated carbocycles. The smallest absolute Gasteiger partial charge is 0.314 e. The average molecular weight is 789 g/mol. The predicted molar refractivity (Wildman–Crippen MR) is 258 cm³/mol. The third kappa shape index (κ3) is 3.34. The van der Waals surface area contributed by atoms with E-state index in [1.54, 1.807) is 0 Å². The number of para-hydroxylation sites is 4. The maximum absolute atomic E-state index is 3.60. The van der Waals surface area contributed by atoms with E-state index >= 15 is 0 Å². The van der Waals surface area contributed by atoms with E-state index in [1.165, 1.54) is 131 Å². The molecule has 2 aliphatic rings. The molecule has 4 aromatic heterocycles. The van der Waals surface area contributed by atoms with E-state index in [-0.39, 0.29) is 0 Å². The van der Waals surface area contributed by atoms with Crippen molar-refractivity contribution in [2.45, 2.75) is 0 Å². The first-order valence-electron chi connectivity index (χ1n) is 21.3. The lowest BCUT2D eigenvalue weighted by molar-refractivity contribution is 0.916. The molecule has 0 bridgehead atoms. The van der Waals surface area contributed by atoms with Crippen molar-refractivity contribution in [1.82, 2.24) is 16.9 Å². The molecule has 0 saturated heterocycles. The van der Waals surface area contributed by atoms with Crippen molar-refractivity contribution in [2.75, 3.05) is 0 Å². The van der Waals surface area contributed by atoms with Crippen molar-refractivity contribution < 1.29 is 0 Å². The fourth-order valence-electron chi connectivity index (χ4n) is 12.4. The zero-order chi connectivity index (χ0) is 39.3. The summed E-state index contributed by atoms with van der Waals surface area (Å²) >= 11 is 0. The number of hydrogen-bond acceptors (Lipinski definition) is 0.